The average molecular weight is 366 g/mol. The number of urea groups is 1. The first-order chi connectivity index (χ1) is 12.8. The van der Waals surface area contributed by atoms with E-state index in [-0.39, 0.29) is 6.61 Å². The van der Waals surface area contributed by atoms with Gasteiger partial charge in [0.15, 0.2) is 0 Å². The molecule has 1 aliphatic heterocycles. The van der Waals surface area contributed by atoms with Gasteiger partial charge in [0.1, 0.15) is 18.7 Å². The van der Waals surface area contributed by atoms with Crippen molar-refractivity contribution in [3.05, 3.63) is 70.8 Å². The number of hydrogen-bond acceptors (Lipinski definition) is 4. The summed E-state index contributed by atoms with van der Waals surface area (Å²) in [5.74, 6) is -1.10. The molecule has 1 N–H and O–H groups in total. The van der Waals surface area contributed by atoms with Crippen LogP contribution < -0.4 is 5.32 Å². The molecule has 2 aromatic rings. The number of benzene rings is 2. The number of aryl methyl sites for hydroxylation is 2. The summed E-state index contributed by atoms with van der Waals surface area (Å²) < 4.78 is 5.28. The maximum atomic E-state index is 12.8. The molecule has 0 unspecified atom stereocenters. The average Bonchev–Trinajstić information content (AvgIpc) is 2.87. The normalized spacial score (nSPS) is 19.1. The zero-order chi connectivity index (χ0) is 19.6. The van der Waals surface area contributed by atoms with Crippen LogP contribution in [-0.4, -0.2) is 29.4 Å². The number of rotatable bonds is 5. The van der Waals surface area contributed by atoms with Gasteiger partial charge in [0.05, 0.1) is 0 Å². The lowest BCUT2D eigenvalue weighted by Gasteiger charge is -2.22. The third-order valence-corrected chi connectivity index (χ3v) is 4.81. The summed E-state index contributed by atoms with van der Waals surface area (Å²) in [6.45, 7) is 5.21. The number of imide groups is 1. The first-order valence-corrected chi connectivity index (χ1v) is 8.72. The highest BCUT2D eigenvalue weighted by Crippen LogP contribution is 2.28. The maximum Gasteiger partial charge on any atom is 0.326 e. The van der Waals surface area contributed by atoms with Gasteiger partial charge < -0.3 is 10.1 Å². The van der Waals surface area contributed by atoms with E-state index in [0.717, 1.165) is 21.6 Å². The van der Waals surface area contributed by atoms with Crippen molar-refractivity contribution in [3.8, 4) is 0 Å². The topological polar surface area (TPSA) is 75.7 Å². The summed E-state index contributed by atoms with van der Waals surface area (Å²) in [5, 5.41) is 2.67. The number of amides is 3. The SMILES string of the molecule is Cc1ccc(C)c(COC(=O)CN2C(=O)N[C@@](C)(c3ccccc3)C2=O)c1. The maximum absolute atomic E-state index is 12.8. The highest BCUT2D eigenvalue weighted by molar-refractivity contribution is 6.08. The number of carbonyl (C=O) groups excluding carboxylic acids is 3. The van der Waals surface area contributed by atoms with Crippen LogP contribution in [0.25, 0.3) is 0 Å². The molecule has 1 fully saturated rings. The molecule has 6 heteroatoms. The molecular formula is C21H22N2O4. The quantitative estimate of drug-likeness (QED) is 0.652. The number of nitrogens with zero attached hydrogens (tertiary/aromatic N) is 1. The number of ether oxygens (including phenoxy) is 1. The van der Waals surface area contributed by atoms with Gasteiger partial charge in [-0.3, -0.25) is 14.5 Å². The molecule has 0 aromatic heterocycles. The van der Waals surface area contributed by atoms with Crippen molar-refractivity contribution >= 4 is 17.9 Å². The van der Waals surface area contributed by atoms with Gasteiger partial charge in [-0.2, -0.15) is 0 Å². The first-order valence-electron chi connectivity index (χ1n) is 8.72. The number of hydrogen-bond donors (Lipinski definition) is 1. The van der Waals surface area contributed by atoms with E-state index in [9.17, 15) is 14.4 Å². The molecule has 3 rings (SSSR count). The van der Waals surface area contributed by atoms with Crippen LogP contribution in [0.5, 0.6) is 0 Å². The minimum atomic E-state index is -1.19. The van der Waals surface area contributed by atoms with Gasteiger partial charge in [0.25, 0.3) is 5.91 Å². The predicted molar refractivity (Wildman–Crippen MR) is 99.8 cm³/mol. The zero-order valence-corrected chi connectivity index (χ0v) is 15.6. The molecule has 27 heavy (non-hydrogen) atoms. The lowest BCUT2D eigenvalue weighted by molar-refractivity contribution is -0.148. The van der Waals surface area contributed by atoms with E-state index < -0.39 is 30.0 Å². The fourth-order valence-electron chi connectivity index (χ4n) is 3.10. The first kappa shape index (κ1) is 18.6. The predicted octanol–water partition coefficient (Wildman–Crippen LogP) is 2.81. The van der Waals surface area contributed by atoms with Crippen LogP contribution in [0.4, 0.5) is 4.79 Å². The standard InChI is InChI=1S/C21H22N2O4/c1-14-9-10-15(2)16(11-14)13-27-18(24)12-23-19(25)21(3,22-20(23)26)17-7-5-4-6-8-17/h4-11H,12-13H2,1-3H3,(H,22,26)/t21-/m0/s1. The van der Waals surface area contributed by atoms with Gasteiger partial charge in [0.2, 0.25) is 0 Å². The Bertz CT molecular complexity index is 894. The third-order valence-electron chi connectivity index (χ3n) is 4.81. The van der Waals surface area contributed by atoms with Crippen molar-refractivity contribution in [1.82, 2.24) is 10.2 Å². The van der Waals surface area contributed by atoms with E-state index >= 15 is 0 Å². The van der Waals surface area contributed by atoms with Crippen molar-refractivity contribution in [3.63, 3.8) is 0 Å². The van der Waals surface area contributed by atoms with E-state index in [1.165, 1.54) is 0 Å². The van der Waals surface area contributed by atoms with Gasteiger partial charge in [0, 0.05) is 0 Å². The van der Waals surface area contributed by atoms with Gasteiger partial charge in [-0.1, -0.05) is 54.1 Å². The molecular weight excluding hydrogens is 344 g/mol. The van der Waals surface area contributed by atoms with E-state index in [4.69, 9.17) is 4.74 Å². The lowest BCUT2D eigenvalue weighted by Crippen LogP contribution is -2.41. The molecule has 0 radical (unpaired) electrons. The van der Waals surface area contributed by atoms with E-state index in [1.807, 2.05) is 38.1 Å². The van der Waals surface area contributed by atoms with Gasteiger partial charge in [-0.15, -0.1) is 0 Å². The highest BCUT2D eigenvalue weighted by Gasteiger charge is 2.49. The molecule has 1 heterocycles. The van der Waals surface area contributed by atoms with Crippen molar-refractivity contribution in [2.24, 2.45) is 0 Å². The molecule has 0 saturated carbocycles. The van der Waals surface area contributed by atoms with Crippen molar-refractivity contribution in [2.75, 3.05) is 6.54 Å². The number of esters is 1. The van der Waals surface area contributed by atoms with Crippen molar-refractivity contribution in [1.29, 1.82) is 0 Å². The molecule has 6 nitrogen and oxygen atoms in total. The fraction of sp³-hybridized carbons (Fsp3) is 0.286. The summed E-state index contributed by atoms with van der Waals surface area (Å²) in [6.07, 6.45) is 0. The lowest BCUT2D eigenvalue weighted by atomic mass is 9.92. The van der Waals surface area contributed by atoms with E-state index in [1.54, 1.807) is 31.2 Å². The van der Waals surface area contributed by atoms with Crippen LogP contribution in [0.2, 0.25) is 0 Å². The van der Waals surface area contributed by atoms with Crippen LogP contribution in [0.1, 0.15) is 29.2 Å². The Morgan fingerprint density at radius 1 is 1.11 bits per heavy atom. The number of nitrogens with one attached hydrogen (secondary N) is 1. The molecule has 0 spiro atoms. The number of carbonyl (C=O) groups is 3. The van der Waals surface area contributed by atoms with Crippen molar-refractivity contribution < 1.29 is 19.1 Å². The van der Waals surface area contributed by atoms with E-state index in [0.29, 0.717) is 5.56 Å². The molecule has 1 saturated heterocycles. The molecule has 0 aliphatic carbocycles. The zero-order valence-electron chi connectivity index (χ0n) is 15.6. The second-order valence-corrected chi connectivity index (χ2v) is 6.90. The minimum Gasteiger partial charge on any atom is -0.459 e. The summed E-state index contributed by atoms with van der Waals surface area (Å²) >= 11 is 0. The molecule has 1 atom stereocenters. The minimum absolute atomic E-state index is 0.103. The summed E-state index contributed by atoms with van der Waals surface area (Å²) in [6, 6.07) is 14.2. The van der Waals surface area contributed by atoms with E-state index in [2.05, 4.69) is 5.32 Å². The molecule has 140 valence electrons. The van der Waals surface area contributed by atoms with Crippen molar-refractivity contribution in [2.45, 2.75) is 32.9 Å². The Kier molecular flexibility index (Phi) is 4.99. The monoisotopic (exact) mass is 366 g/mol. The smallest absolute Gasteiger partial charge is 0.326 e. The Hall–Kier alpha value is -3.15. The van der Waals surface area contributed by atoms with Gasteiger partial charge >= 0.3 is 12.0 Å². The summed E-state index contributed by atoms with van der Waals surface area (Å²) in [4.78, 5) is 38.2. The fourth-order valence-corrected chi connectivity index (χ4v) is 3.10. The molecule has 0 bridgehead atoms. The highest BCUT2D eigenvalue weighted by atomic mass is 16.5. The van der Waals surface area contributed by atoms with Crippen LogP contribution in [-0.2, 0) is 26.5 Å². The van der Waals surface area contributed by atoms with Crippen LogP contribution in [0.15, 0.2) is 48.5 Å². The van der Waals surface area contributed by atoms with Gasteiger partial charge in [-0.25, -0.2) is 4.79 Å². The molecule has 3 amide bonds. The van der Waals surface area contributed by atoms with Crippen LogP contribution in [0.3, 0.4) is 0 Å². The second-order valence-electron chi connectivity index (χ2n) is 6.90. The molecule has 2 aromatic carbocycles. The van der Waals surface area contributed by atoms with Gasteiger partial charge in [-0.05, 0) is 37.5 Å². The van der Waals surface area contributed by atoms with Crippen LogP contribution >= 0.6 is 0 Å². The Morgan fingerprint density at radius 3 is 2.52 bits per heavy atom. The Morgan fingerprint density at radius 2 is 1.81 bits per heavy atom. The summed E-state index contributed by atoms with van der Waals surface area (Å²) in [7, 11) is 0. The van der Waals surface area contributed by atoms with Crippen LogP contribution in [0, 0.1) is 13.8 Å². The second kappa shape index (κ2) is 7.23. The third kappa shape index (κ3) is 3.69. The summed E-state index contributed by atoms with van der Waals surface area (Å²) in [5.41, 5.74) is 2.45. The largest absolute Gasteiger partial charge is 0.459 e. The Balaban J connectivity index is 1.67. The Labute approximate surface area is 158 Å². The molecule has 1 aliphatic rings.